The predicted octanol–water partition coefficient (Wildman–Crippen LogP) is 5.75. The van der Waals surface area contributed by atoms with E-state index in [9.17, 15) is 0 Å². The molecule has 0 amide bonds. The van der Waals surface area contributed by atoms with Crippen LogP contribution >= 0.6 is 0 Å². The summed E-state index contributed by atoms with van der Waals surface area (Å²) in [6.07, 6.45) is 4.31. The minimum Gasteiger partial charge on any atom is -0.248 e. The van der Waals surface area contributed by atoms with Gasteiger partial charge in [0.15, 0.2) is 0 Å². The van der Waals surface area contributed by atoms with Crippen LogP contribution in [0.2, 0.25) is 0 Å². The van der Waals surface area contributed by atoms with E-state index in [1.54, 1.807) is 0 Å². The maximum atomic E-state index is 4.83. The van der Waals surface area contributed by atoms with E-state index < -0.39 is 0 Å². The summed E-state index contributed by atoms with van der Waals surface area (Å²) in [7, 11) is 0. The smallest absolute Gasteiger partial charge is 0.0709 e. The van der Waals surface area contributed by atoms with Crippen molar-refractivity contribution >= 4 is 22.6 Å². The highest BCUT2D eigenvalue weighted by molar-refractivity contribution is 5.85. The van der Waals surface area contributed by atoms with Gasteiger partial charge in [0.05, 0.1) is 11.2 Å². The Labute approximate surface area is 132 Å². The first-order chi connectivity index (χ1) is 10.8. The molecule has 0 aliphatic rings. The van der Waals surface area contributed by atoms with Crippen molar-refractivity contribution < 1.29 is 0 Å². The molecule has 1 heterocycles. The highest BCUT2D eigenvalue weighted by atomic mass is 14.7. The molecule has 0 unspecified atom stereocenters. The summed E-state index contributed by atoms with van der Waals surface area (Å²) in [6.45, 7) is 4.39. The van der Waals surface area contributed by atoms with E-state index >= 15 is 0 Å². The molecule has 3 aromatic rings. The van der Waals surface area contributed by atoms with Gasteiger partial charge in [0, 0.05) is 5.39 Å². The van der Waals surface area contributed by atoms with Crippen LogP contribution in [0.4, 0.5) is 0 Å². The summed E-state index contributed by atoms with van der Waals surface area (Å²) in [4.78, 5) is 4.83. The zero-order valence-corrected chi connectivity index (χ0v) is 13.2. The Hall–Kier alpha value is -2.41. The van der Waals surface area contributed by atoms with Crippen molar-refractivity contribution in [2.75, 3.05) is 0 Å². The number of para-hydroxylation sites is 1. The van der Waals surface area contributed by atoms with E-state index in [0.29, 0.717) is 0 Å². The highest BCUT2D eigenvalue weighted by Crippen LogP contribution is 2.24. The summed E-state index contributed by atoms with van der Waals surface area (Å²) in [5, 5.41) is 1.19. The Morgan fingerprint density at radius 2 is 1.68 bits per heavy atom. The Balaban J connectivity index is 2.07. The standard InChI is InChI=1S/C21H21N/c1-3-16-9-5-6-11-19(16)15-17(4-2)21-14-13-18-10-7-8-12-20(18)22-21/h5-15H,3-4H2,1-2H3. The van der Waals surface area contributed by atoms with Crippen molar-refractivity contribution in [3.63, 3.8) is 0 Å². The lowest BCUT2D eigenvalue weighted by molar-refractivity contribution is 1.13. The number of pyridine rings is 1. The molecule has 1 nitrogen and oxygen atoms in total. The van der Waals surface area contributed by atoms with Gasteiger partial charge in [0.1, 0.15) is 0 Å². The monoisotopic (exact) mass is 287 g/mol. The van der Waals surface area contributed by atoms with Gasteiger partial charge < -0.3 is 0 Å². The van der Waals surface area contributed by atoms with Gasteiger partial charge in [-0.2, -0.15) is 0 Å². The van der Waals surface area contributed by atoms with Crippen molar-refractivity contribution in [1.82, 2.24) is 4.98 Å². The summed E-state index contributed by atoms with van der Waals surface area (Å²) in [5.41, 5.74) is 6.10. The molecular formula is C21H21N. The fourth-order valence-electron chi connectivity index (χ4n) is 2.79. The van der Waals surface area contributed by atoms with Crippen molar-refractivity contribution in [2.24, 2.45) is 0 Å². The third-order valence-electron chi connectivity index (χ3n) is 4.07. The van der Waals surface area contributed by atoms with E-state index in [0.717, 1.165) is 24.1 Å². The van der Waals surface area contributed by atoms with Gasteiger partial charge in [0.25, 0.3) is 0 Å². The van der Waals surface area contributed by atoms with E-state index in [1.165, 1.54) is 22.1 Å². The Morgan fingerprint density at radius 3 is 2.50 bits per heavy atom. The van der Waals surface area contributed by atoms with Crippen LogP contribution in [0.5, 0.6) is 0 Å². The lowest BCUT2D eigenvalue weighted by atomic mass is 9.99. The minimum absolute atomic E-state index is 0.976. The Kier molecular flexibility index (Phi) is 4.34. The van der Waals surface area contributed by atoms with E-state index in [2.05, 4.69) is 74.5 Å². The summed E-state index contributed by atoms with van der Waals surface area (Å²) < 4.78 is 0. The maximum Gasteiger partial charge on any atom is 0.0709 e. The van der Waals surface area contributed by atoms with Gasteiger partial charge in [-0.3, -0.25) is 0 Å². The topological polar surface area (TPSA) is 12.9 Å². The quantitative estimate of drug-likeness (QED) is 0.595. The number of nitrogens with zero attached hydrogens (tertiary/aromatic N) is 1. The molecule has 1 heteroatoms. The normalized spacial score (nSPS) is 11.8. The van der Waals surface area contributed by atoms with E-state index in [-0.39, 0.29) is 0 Å². The largest absolute Gasteiger partial charge is 0.248 e. The van der Waals surface area contributed by atoms with Crippen molar-refractivity contribution in [1.29, 1.82) is 0 Å². The minimum atomic E-state index is 0.976. The number of rotatable bonds is 4. The molecule has 0 aliphatic heterocycles. The predicted molar refractivity (Wildman–Crippen MR) is 95.7 cm³/mol. The van der Waals surface area contributed by atoms with Crippen molar-refractivity contribution in [3.05, 3.63) is 77.5 Å². The first kappa shape index (κ1) is 14.5. The van der Waals surface area contributed by atoms with Crippen LogP contribution in [0.1, 0.15) is 37.1 Å². The van der Waals surface area contributed by atoms with Gasteiger partial charge >= 0.3 is 0 Å². The number of aryl methyl sites for hydroxylation is 1. The fraction of sp³-hybridized carbons (Fsp3) is 0.190. The third kappa shape index (κ3) is 2.94. The lowest BCUT2D eigenvalue weighted by Crippen LogP contribution is -1.91. The number of hydrogen-bond donors (Lipinski definition) is 0. The molecule has 0 saturated carbocycles. The van der Waals surface area contributed by atoms with Gasteiger partial charge in [-0.25, -0.2) is 4.98 Å². The molecule has 0 aliphatic carbocycles. The van der Waals surface area contributed by atoms with Gasteiger partial charge in [-0.15, -0.1) is 0 Å². The zero-order valence-electron chi connectivity index (χ0n) is 13.2. The van der Waals surface area contributed by atoms with E-state index in [4.69, 9.17) is 4.98 Å². The average Bonchev–Trinajstić information content (AvgIpc) is 2.59. The molecule has 0 bridgehead atoms. The summed E-state index contributed by atoms with van der Waals surface area (Å²) >= 11 is 0. The molecule has 22 heavy (non-hydrogen) atoms. The van der Waals surface area contributed by atoms with E-state index in [1.807, 2.05) is 6.07 Å². The van der Waals surface area contributed by atoms with Crippen LogP contribution < -0.4 is 0 Å². The van der Waals surface area contributed by atoms with Crippen molar-refractivity contribution in [2.45, 2.75) is 26.7 Å². The molecule has 0 radical (unpaired) electrons. The highest BCUT2D eigenvalue weighted by Gasteiger charge is 2.05. The third-order valence-corrected chi connectivity index (χ3v) is 4.07. The second-order valence-electron chi connectivity index (χ2n) is 5.46. The maximum absolute atomic E-state index is 4.83. The number of fused-ring (bicyclic) bond motifs is 1. The molecule has 0 fully saturated rings. The zero-order chi connectivity index (χ0) is 15.4. The van der Waals surface area contributed by atoms with Gasteiger partial charge in [-0.1, -0.05) is 62.4 Å². The second-order valence-corrected chi connectivity index (χ2v) is 5.46. The molecule has 0 atom stereocenters. The van der Waals surface area contributed by atoms with Crippen LogP contribution in [0.15, 0.2) is 60.7 Å². The first-order valence-corrected chi connectivity index (χ1v) is 7.96. The first-order valence-electron chi connectivity index (χ1n) is 7.96. The van der Waals surface area contributed by atoms with Gasteiger partial charge in [-0.05, 0) is 47.8 Å². The number of hydrogen-bond acceptors (Lipinski definition) is 1. The average molecular weight is 287 g/mol. The Morgan fingerprint density at radius 1 is 0.909 bits per heavy atom. The van der Waals surface area contributed by atoms with Crippen LogP contribution in [0, 0.1) is 0 Å². The molecule has 0 spiro atoms. The molecule has 1 aromatic heterocycles. The van der Waals surface area contributed by atoms with Crippen molar-refractivity contribution in [3.8, 4) is 0 Å². The molecule has 0 N–H and O–H groups in total. The Bertz CT molecular complexity index is 815. The lowest BCUT2D eigenvalue weighted by Gasteiger charge is -2.08. The van der Waals surface area contributed by atoms with Crippen LogP contribution in [-0.4, -0.2) is 4.98 Å². The van der Waals surface area contributed by atoms with Gasteiger partial charge in [0.2, 0.25) is 0 Å². The number of allylic oxidation sites excluding steroid dienone is 1. The number of aromatic nitrogens is 1. The SMILES string of the molecule is CCC(=Cc1ccccc1CC)c1ccc2ccccc2n1. The fourth-order valence-corrected chi connectivity index (χ4v) is 2.79. The second kappa shape index (κ2) is 6.57. The van der Waals surface area contributed by atoms with Crippen LogP contribution in [-0.2, 0) is 6.42 Å². The van der Waals surface area contributed by atoms with Crippen LogP contribution in [0.3, 0.4) is 0 Å². The molecule has 0 saturated heterocycles. The van der Waals surface area contributed by atoms with Crippen LogP contribution in [0.25, 0.3) is 22.6 Å². The molecule has 3 rings (SSSR count). The summed E-state index contributed by atoms with van der Waals surface area (Å²) in [6, 6.07) is 21.2. The molecular weight excluding hydrogens is 266 g/mol. The number of benzene rings is 2. The summed E-state index contributed by atoms with van der Waals surface area (Å²) in [5.74, 6) is 0. The molecule has 110 valence electrons. The molecule has 2 aromatic carbocycles.